The number of halogens is 2. The molecule has 0 saturated heterocycles. The fraction of sp³-hybridized carbons (Fsp3) is 0.296. The number of nitrogens with zero attached hydrogens (tertiary/aromatic N) is 2. The van der Waals surface area contributed by atoms with Gasteiger partial charge < -0.3 is 14.2 Å². The van der Waals surface area contributed by atoms with Crippen molar-refractivity contribution in [2.75, 3.05) is 13.7 Å². The van der Waals surface area contributed by atoms with Gasteiger partial charge in [0.2, 0.25) is 0 Å². The number of fused-ring (bicyclic) bond motifs is 1. The number of thiazole rings is 1. The lowest BCUT2D eigenvalue weighted by molar-refractivity contribution is -0.143. The topological polar surface area (TPSA) is 79.1 Å². The van der Waals surface area contributed by atoms with Crippen LogP contribution in [0.25, 0.3) is 6.08 Å². The van der Waals surface area contributed by atoms with Crippen molar-refractivity contribution >= 4 is 68.6 Å². The Hall–Kier alpha value is -2.19. The number of esters is 1. The number of rotatable bonds is 7. The third-order valence-corrected chi connectivity index (χ3v) is 8.20. The third-order valence-electron chi connectivity index (χ3n) is 5.61. The molecular weight excluding hydrogens is 718 g/mol. The van der Waals surface area contributed by atoms with Crippen molar-refractivity contribution in [2.45, 2.75) is 39.8 Å². The molecule has 0 aliphatic carbocycles. The summed E-state index contributed by atoms with van der Waals surface area (Å²) in [7, 11) is 1.64. The van der Waals surface area contributed by atoms with Gasteiger partial charge in [-0.3, -0.25) is 9.36 Å². The maximum absolute atomic E-state index is 13.8. The molecule has 0 spiro atoms. The molecular formula is C27H26I2N2O5S. The van der Waals surface area contributed by atoms with Crippen molar-refractivity contribution in [2.24, 2.45) is 4.99 Å². The Kier molecular flexibility index (Phi) is 8.79. The van der Waals surface area contributed by atoms with Crippen molar-refractivity contribution < 1.29 is 19.0 Å². The van der Waals surface area contributed by atoms with E-state index in [1.807, 2.05) is 49.4 Å². The van der Waals surface area contributed by atoms with E-state index in [0.29, 0.717) is 27.2 Å². The predicted molar refractivity (Wildman–Crippen MR) is 161 cm³/mol. The van der Waals surface area contributed by atoms with Crippen LogP contribution in [-0.4, -0.2) is 30.4 Å². The van der Waals surface area contributed by atoms with Gasteiger partial charge in [0.1, 0.15) is 11.5 Å². The maximum Gasteiger partial charge on any atom is 0.338 e. The lowest BCUT2D eigenvalue weighted by Crippen LogP contribution is -2.40. The second kappa shape index (κ2) is 11.7. The molecule has 1 aliphatic heterocycles. The van der Waals surface area contributed by atoms with Crippen LogP contribution in [0.3, 0.4) is 0 Å². The molecule has 37 heavy (non-hydrogen) atoms. The molecule has 0 saturated carbocycles. The molecule has 2 heterocycles. The van der Waals surface area contributed by atoms with Gasteiger partial charge in [0, 0.05) is 0 Å². The summed E-state index contributed by atoms with van der Waals surface area (Å²) in [6.07, 6.45) is 1.55. The van der Waals surface area contributed by atoms with Gasteiger partial charge in [-0.2, -0.15) is 0 Å². The van der Waals surface area contributed by atoms with Crippen molar-refractivity contribution in [3.8, 4) is 11.5 Å². The van der Waals surface area contributed by atoms with E-state index in [-0.39, 0.29) is 11.7 Å². The molecule has 3 aromatic rings. The van der Waals surface area contributed by atoms with E-state index >= 15 is 0 Å². The number of methoxy groups -OCH3 is 1. The zero-order chi connectivity index (χ0) is 26.9. The van der Waals surface area contributed by atoms with Crippen LogP contribution in [0, 0.1) is 7.14 Å². The molecule has 0 unspecified atom stereocenters. The van der Waals surface area contributed by atoms with E-state index < -0.39 is 12.0 Å². The quantitative estimate of drug-likeness (QED) is 0.257. The Morgan fingerprint density at radius 3 is 2.41 bits per heavy atom. The number of aromatic nitrogens is 1. The van der Waals surface area contributed by atoms with Gasteiger partial charge in [-0.25, -0.2) is 9.79 Å². The van der Waals surface area contributed by atoms with Crippen molar-refractivity contribution in [1.29, 1.82) is 0 Å². The number of carbonyl (C=O) groups is 1. The first kappa shape index (κ1) is 27.8. The van der Waals surface area contributed by atoms with Gasteiger partial charge in [-0.05, 0) is 114 Å². The van der Waals surface area contributed by atoms with E-state index in [0.717, 1.165) is 29.8 Å². The van der Waals surface area contributed by atoms with Gasteiger partial charge in [0.05, 0.1) is 48.8 Å². The van der Waals surface area contributed by atoms with Crippen molar-refractivity contribution in [3.63, 3.8) is 0 Å². The van der Waals surface area contributed by atoms with Gasteiger partial charge in [-0.15, -0.1) is 0 Å². The maximum atomic E-state index is 13.8. The van der Waals surface area contributed by atoms with Crippen LogP contribution in [-0.2, 0) is 9.53 Å². The molecule has 0 bridgehead atoms. The molecule has 7 nitrogen and oxygen atoms in total. The molecule has 0 fully saturated rings. The number of hydrogen-bond acceptors (Lipinski definition) is 7. The number of ether oxygens (including phenoxy) is 3. The second-order valence-corrected chi connectivity index (χ2v) is 11.9. The Labute approximate surface area is 246 Å². The molecule has 1 aromatic heterocycles. The largest absolute Gasteiger partial charge is 0.495 e. The van der Waals surface area contributed by atoms with E-state index in [1.165, 1.54) is 11.3 Å². The fourth-order valence-corrected chi connectivity index (χ4v) is 7.40. The lowest BCUT2D eigenvalue weighted by Gasteiger charge is -2.25. The molecule has 0 amide bonds. The average Bonchev–Trinajstić information content (AvgIpc) is 3.12. The monoisotopic (exact) mass is 744 g/mol. The summed E-state index contributed by atoms with van der Waals surface area (Å²) >= 11 is 5.75. The minimum absolute atomic E-state index is 0.217. The first-order valence-electron chi connectivity index (χ1n) is 11.6. The molecule has 10 heteroatoms. The van der Waals surface area contributed by atoms with Crippen LogP contribution in [0.1, 0.15) is 44.9 Å². The third kappa shape index (κ3) is 5.80. The highest BCUT2D eigenvalue weighted by atomic mass is 127. The second-order valence-electron chi connectivity index (χ2n) is 8.56. The Balaban J connectivity index is 1.91. The van der Waals surface area contributed by atoms with Crippen molar-refractivity contribution in [1.82, 2.24) is 4.57 Å². The first-order valence-corrected chi connectivity index (χ1v) is 14.6. The SMILES string of the molecule is CCOc1ccc([C@H]2C(C(=O)OC(C)C)=C(C)N=c3s/c(=C/c4cc(I)c(OC)c(I)c4)c(=O)n32)cc1. The molecule has 4 rings (SSSR count). The Bertz CT molecular complexity index is 1530. The summed E-state index contributed by atoms with van der Waals surface area (Å²) < 4.78 is 20.6. The summed E-state index contributed by atoms with van der Waals surface area (Å²) in [5.41, 5.74) is 2.32. The zero-order valence-corrected chi connectivity index (χ0v) is 26.1. The van der Waals surface area contributed by atoms with Gasteiger partial charge >= 0.3 is 5.97 Å². The number of hydrogen-bond donors (Lipinski definition) is 0. The first-order chi connectivity index (χ1) is 17.6. The summed E-state index contributed by atoms with van der Waals surface area (Å²) in [6.45, 7) is 7.84. The van der Waals surface area contributed by atoms with E-state index in [2.05, 4.69) is 50.2 Å². The fourth-order valence-electron chi connectivity index (χ4n) is 4.10. The minimum Gasteiger partial charge on any atom is -0.495 e. The van der Waals surface area contributed by atoms with Crippen LogP contribution < -0.4 is 24.4 Å². The van der Waals surface area contributed by atoms with E-state index in [4.69, 9.17) is 14.2 Å². The summed E-state index contributed by atoms with van der Waals surface area (Å²) in [6, 6.07) is 10.7. The van der Waals surface area contributed by atoms with Crippen LogP contribution in [0.4, 0.5) is 0 Å². The smallest absolute Gasteiger partial charge is 0.338 e. The highest BCUT2D eigenvalue weighted by Gasteiger charge is 2.33. The molecule has 1 aliphatic rings. The molecule has 2 aromatic carbocycles. The van der Waals surface area contributed by atoms with E-state index in [9.17, 15) is 9.59 Å². The van der Waals surface area contributed by atoms with Crippen LogP contribution in [0.15, 0.2) is 57.5 Å². The molecule has 194 valence electrons. The molecule has 0 N–H and O–H groups in total. The van der Waals surface area contributed by atoms with Gasteiger partial charge in [-0.1, -0.05) is 23.5 Å². The van der Waals surface area contributed by atoms with Gasteiger partial charge in [0.25, 0.3) is 5.56 Å². The Morgan fingerprint density at radius 1 is 1.19 bits per heavy atom. The predicted octanol–water partition coefficient (Wildman–Crippen LogP) is 4.80. The summed E-state index contributed by atoms with van der Waals surface area (Å²) in [5, 5.41) is 0. The molecule has 1 atom stereocenters. The van der Waals surface area contributed by atoms with Crippen LogP contribution >= 0.6 is 56.5 Å². The minimum atomic E-state index is -0.670. The van der Waals surface area contributed by atoms with Crippen LogP contribution in [0.2, 0.25) is 0 Å². The lowest BCUT2D eigenvalue weighted by atomic mass is 9.96. The molecule has 0 radical (unpaired) electrons. The zero-order valence-electron chi connectivity index (χ0n) is 21.0. The number of carbonyl (C=O) groups excluding carboxylic acids is 1. The average molecular weight is 744 g/mol. The van der Waals surface area contributed by atoms with Crippen molar-refractivity contribution in [3.05, 3.63) is 85.6 Å². The highest BCUT2D eigenvalue weighted by Crippen LogP contribution is 2.32. The number of benzene rings is 2. The highest BCUT2D eigenvalue weighted by molar-refractivity contribution is 14.1. The van der Waals surface area contributed by atoms with E-state index in [1.54, 1.807) is 32.4 Å². The Morgan fingerprint density at radius 2 is 1.84 bits per heavy atom. The van der Waals surface area contributed by atoms with Gasteiger partial charge in [0.15, 0.2) is 4.80 Å². The normalized spacial score (nSPS) is 15.5. The number of allylic oxidation sites excluding steroid dienone is 1. The standard InChI is InChI=1S/C27H26I2N2O5S/c1-6-35-18-9-7-17(8-10-18)23-22(26(33)36-14(2)3)15(4)30-27-31(23)25(32)21(37-27)13-16-11-19(28)24(34-5)20(29)12-16/h7-14,23H,6H2,1-5H3/b21-13+/t23-/m0/s1. The van der Waals surface area contributed by atoms with Crippen LogP contribution in [0.5, 0.6) is 11.5 Å². The summed E-state index contributed by atoms with van der Waals surface area (Å²) in [4.78, 5) is 32.2. The summed E-state index contributed by atoms with van der Waals surface area (Å²) in [5.74, 6) is 1.04.